The third kappa shape index (κ3) is 4.82. The van der Waals surface area contributed by atoms with Gasteiger partial charge in [0.2, 0.25) is 0 Å². The van der Waals surface area contributed by atoms with Crippen molar-refractivity contribution in [2.45, 2.75) is 45.8 Å². The Morgan fingerprint density at radius 3 is 2.55 bits per heavy atom. The maximum absolute atomic E-state index is 13.2. The van der Waals surface area contributed by atoms with Crippen LogP contribution < -0.4 is 9.61 Å². The Balaban J connectivity index is 3.01. The third-order valence-corrected chi connectivity index (χ3v) is 5.65. The number of halogens is 1. The van der Waals surface area contributed by atoms with E-state index >= 15 is 0 Å². The molecule has 1 aromatic rings. The minimum atomic E-state index is -3.45. The van der Waals surface area contributed by atoms with Crippen LogP contribution in [0.1, 0.15) is 34.6 Å². The van der Waals surface area contributed by atoms with E-state index in [4.69, 9.17) is 9.26 Å². The van der Waals surface area contributed by atoms with E-state index < -0.39 is 30.5 Å². The van der Waals surface area contributed by atoms with Crippen molar-refractivity contribution in [1.29, 1.82) is 0 Å². The second kappa shape index (κ2) is 7.25. The summed E-state index contributed by atoms with van der Waals surface area (Å²) in [5.41, 5.74) is -1.60. The van der Waals surface area contributed by atoms with Crippen molar-refractivity contribution < 1.29 is 23.0 Å². The van der Waals surface area contributed by atoms with Crippen LogP contribution in [-0.4, -0.2) is 23.8 Å². The molecule has 22 heavy (non-hydrogen) atoms. The first-order valence-electron chi connectivity index (χ1n) is 7.12. The number of carbonyl (C=O) groups excluding carboxylic acids is 1. The summed E-state index contributed by atoms with van der Waals surface area (Å²) in [5, 5.41) is 2.76. The zero-order valence-electron chi connectivity index (χ0n) is 13.6. The fourth-order valence-corrected chi connectivity index (χ4v) is 3.50. The highest BCUT2D eigenvalue weighted by atomic mass is 31.2. The normalized spacial score (nSPS) is 14.5. The Labute approximate surface area is 130 Å². The van der Waals surface area contributed by atoms with Crippen molar-refractivity contribution in [1.82, 2.24) is 5.09 Å². The third-order valence-electron chi connectivity index (χ3n) is 2.94. The van der Waals surface area contributed by atoms with Crippen LogP contribution in [-0.2, 0) is 14.1 Å². The number of nitrogens with one attached hydrogen (secondary N) is 1. The molecule has 0 spiro atoms. The van der Waals surface area contributed by atoms with E-state index in [-0.39, 0.29) is 12.4 Å². The van der Waals surface area contributed by atoms with Crippen molar-refractivity contribution in [2.75, 3.05) is 6.61 Å². The molecule has 0 heterocycles. The van der Waals surface area contributed by atoms with Crippen LogP contribution in [0.3, 0.4) is 0 Å². The number of hydrogen-bond donors (Lipinski definition) is 1. The molecule has 0 bridgehead atoms. The Morgan fingerprint density at radius 1 is 1.41 bits per heavy atom. The predicted octanol–water partition coefficient (Wildman–Crippen LogP) is 3.74. The molecule has 7 heteroatoms. The van der Waals surface area contributed by atoms with Crippen LogP contribution >= 0.6 is 7.52 Å². The standard InChI is InChI=1S/C15H23FNO4P/c1-6-20-14(18)15(4,5)17-22(19,11(2)3)21-13-9-7-8-12(16)10-13/h7-11H,6H2,1-5H3,(H,17,19)/t22-/m0/s1. The van der Waals surface area contributed by atoms with Crippen molar-refractivity contribution in [3.63, 3.8) is 0 Å². The average molecular weight is 331 g/mol. The monoisotopic (exact) mass is 331 g/mol. The Morgan fingerprint density at radius 2 is 2.05 bits per heavy atom. The molecular formula is C15H23FNO4P. The number of benzene rings is 1. The maximum atomic E-state index is 13.2. The fourth-order valence-electron chi connectivity index (χ4n) is 1.68. The Hall–Kier alpha value is -1.39. The summed E-state index contributed by atoms with van der Waals surface area (Å²) < 4.78 is 36.8. The van der Waals surface area contributed by atoms with Crippen molar-refractivity contribution in [3.8, 4) is 5.75 Å². The van der Waals surface area contributed by atoms with Gasteiger partial charge in [-0.2, -0.15) is 0 Å². The molecule has 0 unspecified atom stereocenters. The number of ether oxygens (including phenoxy) is 1. The lowest BCUT2D eigenvalue weighted by Gasteiger charge is -2.31. The van der Waals surface area contributed by atoms with Crippen molar-refractivity contribution in [3.05, 3.63) is 30.1 Å². The lowest BCUT2D eigenvalue weighted by molar-refractivity contribution is -0.149. The van der Waals surface area contributed by atoms with Gasteiger partial charge in [0, 0.05) is 6.07 Å². The fraction of sp³-hybridized carbons (Fsp3) is 0.533. The second-order valence-electron chi connectivity index (χ2n) is 5.70. The molecule has 0 saturated heterocycles. The topological polar surface area (TPSA) is 64.6 Å². The molecule has 124 valence electrons. The zero-order chi connectivity index (χ0) is 17.0. The minimum Gasteiger partial charge on any atom is -0.465 e. The summed E-state index contributed by atoms with van der Waals surface area (Å²) in [6, 6.07) is 5.39. The largest absolute Gasteiger partial charge is 0.465 e. The summed E-state index contributed by atoms with van der Waals surface area (Å²) in [6.07, 6.45) is 0. The van der Waals surface area contributed by atoms with Gasteiger partial charge >= 0.3 is 13.5 Å². The molecule has 1 rings (SSSR count). The predicted molar refractivity (Wildman–Crippen MR) is 83.6 cm³/mol. The van der Waals surface area contributed by atoms with Crippen LogP contribution in [0.4, 0.5) is 4.39 Å². The number of esters is 1. The van der Waals surface area contributed by atoms with E-state index in [1.54, 1.807) is 34.6 Å². The molecule has 1 atom stereocenters. The van der Waals surface area contributed by atoms with Gasteiger partial charge in [0.25, 0.3) is 0 Å². The van der Waals surface area contributed by atoms with Gasteiger partial charge in [-0.15, -0.1) is 0 Å². The molecule has 0 radical (unpaired) electrons. The molecule has 0 aliphatic carbocycles. The van der Waals surface area contributed by atoms with E-state index in [0.29, 0.717) is 0 Å². The van der Waals surface area contributed by atoms with Crippen LogP contribution in [0.25, 0.3) is 0 Å². The van der Waals surface area contributed by atoms with Crippen molar-refractivity contribution in [2.24, 2.45) is 0 Å². The highest BCUT2D eigenvalue weighted by Gasteiger charge is 2.40. The molecule has 0 amide bonds. The van der Waals surface area contributed by atoms with E-state index in [2.05, 4.69) is 5.09 Å². The van der Waals surface area contributed by atoms with Crippen LogP contribution in [0, 0.1) is 5.82 Å². The molecule has 0 aliphatic heterocycles. The van der Waals surface area contributed by atoms with Gasteiger partial charge in [-0.3, -0.25) is 9.36 Å². The van der Waals surface area contributed by atoms with Gasteiger partial charge in [0.05, 0.1) is 12.3 Å². The highest BCUT2D eigenvalue weighted by molar-refractivity contribution is 7.58. The summed E-state index contributed by atoms with van der Waals surface area (Å²) in [4.78, 5) is 12.0. The summed E-state index contributed by atoms with van der Waals surface area (Å²) in [7, 11) is -3.45. The van der Waals surface area contributed by atoms with Crippen LogP contribution in [0.2, 0.25) is 0 Å². The van der Waals surface area contributed by atoms with Gasteiger partial charge < -0.3 is 9.26 Å². The summed E-state index contributed by atoms with van der Waals surface area (Å²) in [5.74, 6) is -0.875. The minimum absolute atomic E-state index is 0.143. The van der Waals surface area contributed by atoms with E-state index in [9.17, 15) is 13.8 Å². The molecule has 0 saturated carbocycles. The first-order chi connectivity index (χ1) is 10.1. The van der Waals surface area contributed by atoms with Gasteiger partial charge in [-0.25, -0.2) is 9.48 Å². The summed E-state index contributed by atoms with van der Waals surface area (Å²) in [6.45, 7) is 8.45. The SMILES string of the molecule is CCOC(=O)C(C)(C)N[P@@](=O)(Oc1cccc(F)c1)C(C)C. The van der Waals surface area contributed by atoms with Gasteiger partial charge in [-0.05, 0) is 32.9 Å². The Kier molecular flexibility index (Phi) is 6.15. The molecule has 1 aromatic carbocycles. The first kappa shape index (κ1) is 18.7. The summed E-state index contributed by atoms with van der Waals surface area (Å²) >= 11 is 0. The lowest BCUT2D eigenvalue weighted by Crippen LogP contribution is -2.47. The van der Waals surface area contributed by atoms with Gasteiger partial charge in [-0.1, -0.05) is 19.9 Å². The zero-order valence-corrected chi connectivity index (χ0v) is 14.4. The Bertz CT molecular complexity index is 574. The first-order valence-corrected chi connectivity index (χ1v) is 8.81. The van der Waals surface area contributed by atoms with Crippen LogP contribution in [0.15, 0.2) is 24.3 Å². The maximum Gasteiger partial charge on any atom is 0.326 e. The average Bonchev–Trinajstić information content (AvgIpc) is 2.37. The van der Waals surface area contributed by atoms with E-state index in [1.165, 1.54) is 18.2 Å². The molecule has 0 fully saturated rings. The molecule has 1 N–H and O–H groups in total. The molecule has 0 aliphatic rings. The number of carbonyl (C=O) groups is 1. The molecular weight excluding hydrogens is 308 g/mol. The molecule has 0 aromatic heterocycles. The van der Waals surface area contributed by atoms with E-state index in [0.717, 1.165) is 6.07 Å². The van der Waals surface area contributed by atoms with Crippen LogP contribution in [0.5, 0.6) is 5.75 Å². The van der Waals surface area contributed by atoms with E-state index in [1.807, 2.05) is 0 Å². The van der Waals surface area contributed by atoms with Gasteiger partial charge in [0.1, 0.15) is 17.1 Å². The number of hydrogen-bond acceptors (Lipinski definition) is 4. The quantitative estimate of drug-likeness (QED) is 0.609. The second-order valence-corrected chi connectivity index (χ2v) is 8.33. The lowest BCUT2D eigenvalue weighted by atomic mass is 10.1. The van der Waals surface area contributed by atoms with Gasteiger partial charge in [0.15, 0.2) is 0 Å². The molecule has 5 nitrogen and oxygen atoms in total. The smallest absolute Gasteiger partial charge is 0.326 e. The van der Waals surface area contributed by atoms with Crippen molar-refractivity contribution >= 4 is 13.5 Å². The number of rotatable bonds is 7. The highest BCUT2D eigenvalue weighted by Crippen LogP contribution is 2.49.